The summed E-state index contributed by atoms with van der Waals surface area (Å²) >= 11 is 0. The zero-order valence-corrected chi connectivity index (χ0v) is 11.7. The standard InChI is InChI=1S/C17H21NO/c1-13(2)14-5-3-7-16-15(14)6-4-8-17(16)18-9-11-19-12-10-18/h3-8,13H,9-12H2,1-2H3. The number of hydrogen-bond donors (Lipinski definition) is 0. The van der Waals surface area contributed by atoms with Crippen LogP contribution in [0.25, 0.3) is 10.8 Å². The predicted octanol–water partition coefficient (Wildman–Crippen LogP) is 3.80. The van der Waals surface area contributed by atoms with Gasteiger partial charge >= 0.3 is 0 Å². The third-order valence-electron chi connectivity index (χ3n) is 3.91. The Morgan fingerprint density at radius 3 is 2.37 bits per heavy atom. The molecule has 2 aromatic carbocycles. The molecule has 0 radical (unpaired) electrons. The molecule has 1 heterocycles. The second-order valence-corrected chi connectivity index (χ2v) is 5.47. The van der Waals surface area contributed by atoms with Crippen molar-refractivity contribution < 1.29 is 4.74 Å². The average Bonchev–Trinajstić information content (AvgIpc) is 2.46. The van der Waals surface area contributed by atoms with Crippen LogP contribution in [0.2, 0.25) is 0 Å². The summed E-state index contributed by atoms with van der Waals surface area (Å²) in [7, 11) is 0. The second-order valence-electron chi connectivity index (χ2n) is 5.47. The number of anilines is 1. The van der Waals surface area contributed by atoms with E-state index in [0.29, 0.717) is 5.92 Å². The van der Waals surface area contributed by atoms with Crippen molar-refractivity contribution in [2.75, 3.05) is 31.2 Å². The minimum absolute atomic E-state index is 0.559. The molecule has 1 saturated heterocycles. The number of rotatable bonds is 2. The Morgan fingerprint density at radius 1 is 0.947 bits per heavy atom. The maximum atomic E-state index is 5.45. The molecule has 3 rings (SSSR count). The summed E-state index contributed by atoms with van der Waals surface area (Å²) < 4.78 is 5.45. The summed E-state index contributed by atoms with van der Waals surface area (Å²) in [6.45, 7) is 8.17. The molecule has 2 nitrogen and oxygen atoms in total. The Morgan fingerprint density at radius 2 is 1.63 bits per heavy atom. The molecule has 0 amide bonds. The molecule has 0 aliphatic carbocycles. The van der Waals surface area contributed by atoms with E-state index in [1.807, 2.05) is 0 Å². The van der Waals surface area contributed by atoms with Gasteiger partial charge in [0.05, 0.1) is 13.2 Å². The van der Waals surface area contributed by atoms with Crippen molar-refractivity contribution in [2.45, 2.75) is 19.8 Å². The molecule has 1 aliphatic rings. The van der Waals surface area contributed by atoms with Crippen LogP contribution in [0.5, 0.6) is 0 Å². The summed E-state index contributed by atoms with van der Waals surface area (Å²) in [5.74, 6) is 0.559. The van der Waals surface area contributed by atoms with Crippen molar-refractivity contribution in [3.05, 3.63) is 42.0 Å². The van der Waals surface area contributed by atoms with Crippen LogP contribution in [-0.4, -0.2) is 26.3 Å². The highest BCUT2D eigenvalue weighted by molar-refractivity contribution is 5.96. The lowest BCUT2D eigenvalue weighted by atomic mass is 9.95. The zero-order valence-electron chi connectivity index (χ0n) is 11.7. The first-order valence-electron chi connectivity index (χ1n) is 7.11. The summed E-state index contributed by atoms with van der Waals surface area (Å²) in [6.07, 6.45) is 0. The van der Waals surface area contributed by atoms with Crippen LogP contribution in [0.3, 0.4) is 0 Å². The molecular weight excluding hydrogens is 234 g/mol. The molecule has 0 atom stereocenters. The lowest BCUT2D eigenvalue weighted by molar-refractivity contribution is 0.123. The van der Waals surface area contributed by atoms with Gasteiger partial charge in [-0.3, -0.25) is 0 Å². The van der Waals surface area contributed by atoms with Crippen LogP contribution in [0.4, 0.5) is 5.69 Å². The van der Waals surface area contributed by atoms with Gasteiger partial charge in [0.2, 0.25) is 0 Å². The number of hydrogen-bond acceptors (Lipinski definition) is 2. The fourth-order valence-corrected chi connectivity index (χ4v) is 2.90. The molecule has 19 heavy (non-hydrogen) atoms. The van der Waals surface area contributed by atoms with Gasteiger partial charge in [-0.25, -0.2) is 0 Å². The molecule has 1 fully saturated rings. The summed E-state index contributed by atoms with van der Waals surface area (Å²) in [4.78, 5) is 2.44. The monoisotopic (exact) mass is 255 g/mol. The van der Waals surface area contributed by atoms with Crippen molar-refractivity contribution in [2.24, 2.45) is 0 Å². The summed E-state index contributed by atoms with van der Waals surface area (Å²) in [6, 6.07) is 13.3. The minimum atomic E-state index is 0.559. The number of morpholine rings is 1. The highest BCUT2D eigenvalue weighted by Crippen LogP contribution is 2.32. The second kappa shape index (κ2) is 5.22. The normalized spacial score (nSPS) is 16.3. The molecule has 0 spiro atoms. The molecule has 0 saturated carbocycles. The molecular formula is C17H21NO. The van der Waals surface area contributed by atoms with E-state index in [1.54, 1.807) is 0 Å². The van der Waals surface area contributed by atoms with Gasteiger partial charge in [-0.1, -0.05) is 44.2 Å². The van der Waals surface area contributed by atoms with Crippen molar-refractivity contribution in [3.8, 4) is 0 Å². The minimum Gasteiger partial charge on any atom is -0.378 e. The molecule has 0 unspecified atom stereocenters. The van der Waals surface area contributed by atoms with Gasteiger partial charge in [0.25, 0.3) is 0 Å². The maximum Gasteiger partial charge on any atom is 0.0642 e. The van der Waals surface area contributed by atoms with Crippen molar-refractivity contribution in [1.82, 2.24) is 0 Å². The first-order chi connectivity index (χ1) is 9.27. The van der Waals surface area contributed by atoms with Crippen LogP contribution in [0.1, 0.15) is 25.3 Å². The Hall–Kier alpha value is -1.54. The highest BCUT2D eigenvalue weighted by atomic mass is 16.5. The van der Waals surface area contributed by atoms with E-state index in [0.717, 1.165) is 26.3 Å². The first kappa shape index (κ1) is 12.5. The molecule has 0 aromatic heterocycles. The maximum absolute atomic E-state index is 5.45. The average molecular weight is 255 g/mol. The van der Waals surface area contributed by atoms with E-state index < -0.39 is 0 Å². The fraction of sp³-hybridized carbons (Fsp3) is 0.412. The van der Waals surface area contributed by atoms with Crippen molar-refractivity contribution >= 4 is 16.5 Å². The number of fused-ring (bicyclic) bond motifs is 1. The first-order valence-corrected chi connectivity index (χ1v) is 7.11. The van der Waals surface area contributed by atoms with Gasteiger partial charge in [-0.15, -0.1) is 0 Å². The SMILES string of the molecule is CC(C)c1cccc2c(N3CCOCC3)cccc12. The van der Waals surface area contributed by atoms with Gasteiger partial charge in [-0.2, -0.15) is 0 Å². The van der Waals surface area contributed by atoms with Gasteiger partial charge < -0.3 is 9.64 Å². The molecule has 2 heteroatoms. The van der Waals surface area contributed by atoms with Crippen molar-refractivity contribution in [1.29, 1.82) is 0 Å². The fourth-order valence-electron chi connectivity index (χ4n) is 2.90. The Kier molecular flexibility index (Phi) is 3.43. The van der Waals surface area contributed by atoms with E-state index in [4.69, 9.17) is 4.74 Å². The lowest BCUT2D eigenvalue weighted by Gasteiger charge is -2.30. The Balaban J connectivity index is 2.12. The van der Waals surface area contributed by atoms with Gasteiger partial charge in [-0.05, 0) is 22.9 Å². The van der Waals surface area contributed by atoms with Crippen molar-refractivity contribution in [3.63, 3.8) is 0 Å². The number of nitrogens with zero attached hydrogens (tertiary/aromatic N) is 1. The van der Waals surface area contributed by atoms with E-state index in [-0.39, 0.29) is 0 Å². The van der Waals surface area contributed by atoms with Crippen LogP contribution >= 0.6 is 0 Å². The Labute approximate surface area is 115 Å². The lowest BCUT2D eigenvalue weighted by Crippen LogP contribution is -2.36. The van der Waals surface area contributed by atoms with Crippen LogP contribution in [0, 0.1) is 0 Å². The smallest absolute Gasteiger partial charge is 0.0642 e. The van der Waals surface area contributed by atoms with Gasteiger partial charge in [0.15, 0.2) is 0 Å². The summed E-state index contributed by atoms with van der Waals surface area (Å²) in [5, 5.41) is 2.76. The topological polar surface area (TPSA) is 12.5 Å². The predicted molar refractivity (Wildman–Crippen MR) is 81.1 cm³/mol. The highest BCUT2D eigenvalue weighted by Gasteiger charge is 2.15. The van der Waals surface area contributed by atoms with E-state index in [1.165, 1.54) is 22.0 Å². The Bertz CT molecular complexity index is 570. The largest absolute Gasteiger partial charge is 0.378 e. The molecule has 0 bridgehead atoms. The molecule has 2 aromatic rings. The third-order valence-corrected chi connectivity index (χ3v) is 3.91. The van der Waals surface area contributed by atoms with E-state index in [9.17, 15) is 0 Å². The van der Waals surface area contributed by atoms with E-state index >= 15 is 0 Å². The van der Waals surface area contributed by atoms with Gasteiger partial charge in [0.1, 0.15) is 0 Å². The van der Waals surface area contributed by atoms with E-state index in [2.05, 4.69) is 55.1 Å². The number of benzene rings is 2. The quantitative estimate of drug-likeness (QED) is 0.809. The van der Waals surface area contributed by atoms with Gasteiger partial charge in [0, 0.05) is 24.2 Å². The number of ether oxygens (including phenoxy) is 1. The molecule has 1 aliphatic heterocycles. The zero-order chi connectivity index (χ0) is 13.2. The van der Waals surface area contributed by atoms with Crippen LogP contribution in [0.15, 0.2) is 36.4 Å². The third kappa shape index (κ3) is 2.33. The summed E-state index contributed by atoms with van der Waals surface area (Å²) in [5.41, 5.74) is 2.79. The van der Waals surface area contributed by atoms with Crippen LogP contribution in [-0.2, 0) is 4.74 Å². The molecule has 100 valence electrons. The molecule has 0 N–H and O–H groups in total. The van der Waals surface area contributed by atoms with Crippen LogP contribution < -0.4 is 4.90 Å².